The van der Waals surface area contributed by atoms with Crippen molar-refractivity contribution in [2.24, 2.45) is 0 Å². The van der Waals surface area contributed by atoms with Crippen LogP contribution in [0.1, 0.15) is 16.2 Å². The number of carbonyl (C=O) groups is 1. The molecule has 0 aliphatic carbocycles. The monoisotopic (exact) mass is 343 g/mol. The van der Waals surface area contributed by atoms with E-state index in [1.165, 1.54) is 24.4 Å². The molecule has 8 heteroatoms. The zero-order valence-electron chi connectivity index (χ0n) is 12.6. The van der Waals surface area contributed by atoms with Crippen molar-refractivity contribution in [3.05, 3.63) is 60.4 Å². The molecule has 122 valence electrons. The maximum atomic E-state index is 12.3. The summed E-state index contributed by atoms with van der Waals surface area (Å²) in [6.07, 6.45) is 3.79. The average Bonchev–Trinajstić information content (AvgIpc) is 3.26. The highest BCUT2D eigenvalue weighted by molar-refractivity contribution is 7.99. The molecule has 0 unspecified atom stereocenters. The minimum Gasteiger partial charge on any atom is -0.504 e. The van der Waals surface area contributed by atoms with Gasteiger partial charge in [-0.2, -0.15) is 5.10 Å². The quantitative estimate of drug-likeness (QED) is 0.402. The Morgan fingerprint density at radius 2 is 2.29 bits per heavy atom. The van der Waals surface area contributed by atoms with Gasteiger partial charge >= 0.3 is 0 Å². The van der Waals surface area contributed by atoms with Crippen molar-refractivity contribution >= 4 is 23.3 Å². The number of hydrogen-bond donors (Lipinski definition) is 2. The number of allylic oxidation sites excluding steroid dienone is 1. The SMILES string of the molecule is COc1cccc(Sc2occc2C(=O)C=C(O)c2nc[nH]n2)c1. The Morgan fingerprint density at radius 1 is 1.42 bits per heavy atom. The first-order valence-corrected chi connectivity index (χ1v) is 7.69. The highest BCUT2D eigenvalue weighted by atomic mass is 32.2. The van der Waals surface area contributed by atoms with Crippen molar-refractivity contribution in [2.75, 3.05) is 7.11 Å². The van der Waals surface area contributed by atoms with E-state index in [4.69, 9.17) is 9.15 Å². The third-order valence-corrected chi connectivity index (χ3v) is 4.05. The van der Waals surface area contributed by atoms with E-state index in [0.717, 1.165) is 11.0 Å². The Balaban J connectivity index is 1.82. The number of nitrogens with one attached hydrogen (secondary N) is 1. The molecule has 0 amide bonds. The van der Waals surface area contributed by atoms with E-state index in [0.29, 0.717) is 16.4 Å². The zero-order valence-corrected chi connectivity index (χ0v) is 13.4. The van der Waals surface area contributed by atoms with Gasteiger partial charge in [0.1, 0.15) is 12.1 Å². The highest BCUT2D eigenvalue weighted by Gasteiger charge is 2.16. The van der Waals surface area contributed by atoms with Crippen LogP contribution in [0.4, 0.5) is 0 Å². The van der Waals surface area contributed by atoms with Crippen LogP contribution in [0.15, 0.2) is 63.4 Å². The second-order valence-electron chi connectivity index (χ2n) is 4.62. The summed E-state index contributed by atoms with van der Waals surface area (Å²) < 4.78 is 10.6. The van der Waals surface area contributed by atoms with Gasteiger partial charge in [-0.15, -0.1) is 0 Å². The summed E-state index contributed by atoms with van der Waals surface area (Å²) in [5, 5.41) is 16.5. The fraction of sp³-hybridized carbons (Fsp3) is 0.0625. The Hall–Kier alpha value is -3.00. The molecule has 2 aromatic heterocycles. The fourth-order valence-corrected chi connectivity index (χ4v) is 2.85. The van der Waals surface area contributed by atoms with Crippen LogP contribution in [-0.4, -0.2) is 33.2 Å². The fourth-order valence-electron chi connectivity index (χ4n) is 1.93. The van der Waals surface area contributed by atoms with Crippen molar-refractivity contribution in [3.8, 4) is 5.75 Å². The number of aliphatic hydroxyl groups excluding tert-OH is 1. The number of hydrogen-bond acceptors (Lipinski definition) is 7. The number of aromatic amines is 1. The van der Waals surface area contributed by atoms with Crippen LogP contribution in [0.3, 0.4) is 0 Å². The molecule has 7 nitrogen and oxygen atoms in total. The number of furan rings is 1. The minimum atomic E-state index is -0.406. The normalized spacial score (nSPS) is 11.5. The lowest BCUT2D eigenvalue weighted by Crippen LogP contribution is -1.97. The number of rotatable bonds is 6. The van der Waals surface area contributed by atoms with Crippen molar-refractivity contribution < 1.29 is 19.1 Å². The molecule has 0 radical (unpaired) electrons. The molecule has 3 rings (SSSR count). The second kappa shape index (κ2) is 7.05. The number of ether oxygens (including phenoxy) is 1. The second-order valence-corrected chi connectivity index (χ2v) is 5.67. The van der Waals surface area contributed by atoms with E-state index in [9.17, 15) is 9.90 Å². The lowest BCUT2D eigenvalue weighted by molar-refractivity contribution is 0.104. The van der Waals surface area contributed by atoms with Gasteiger partial charge in [0.15, 0.2) is 16.6 Å². The minimum absolute atomic E-state index is 0.0499. The number of nitrogens with zero attached hydrogens (tertiary/aromatic N) is 2. The van der Waals surface area contributed by atoms with Gasteiger partial charge in [-0.3, -0.25) is 9.89 Å². The lowest BCUT2D eigenvalue weighted by Gasteiger charge is -2.03. The Bertz CT molecular complexity index is 871. The summed E-state index contributed by atoms with van der Waals surface area (Å²) in [6, 6.07) is 8.94. The summed E-state index contributed by atoms with van der Waals surface area (Å²) in [4.78, 5) is 17.0. The van der Waals surface area contributed by atoms with E-state index in [2.05, 4.69) is 15.2 Å². The lowest BCUT2D eigenvalue weighted by atomic mass is 10.2. The van der Waals surface area contributed by atoms with Crippen molar-refractivity contribution in [1.82, 2.24) is 15.2 Å². The molecule has 2 N–H and O–H groups in total. The van der Waals surface area contributed by atoms with Crippen molar-refractivity contribution in [3.63, 3.8) is 0 Å². The maximum Gasteiger partial charge on any atom is 0.215 e. The van der Waals surface area contributed by atoms with Gasteiger partial charge in [0, 0.05) is 11.0 Å². The van der Waals surface area contributed by atoms with Crippen LogP contribution in [0, 0.1) is 0 Å². The number of benzene rings is 1. The predicted octanol–water partition coefficient (Wildman–Crippen LogP) is 3.34. The smallest absolute Gasteiger partial charge is 0.215 e. The molecule has 0 saturated heterocycles. The van der Waals surface area contributed by atoms with Gasteiger partial charge in [-0.25, -0.2) is 4.98 Å². The van der Waals surface area contributed by atoms with Crippen LogP contribution < -0.4 is 4.74 Å². The third-order valence-electron chi connectivity index (χ3n) is 3.06. The molecule has 1 aromatic carbocycles. The first-order valence-electron chi connectivity index (χ1n) is 6.88. The molecule has 0 spiro atoms. The van der Waals surface area contributed by atoms with E-state index in [-0.39, 0.29) is 11.6 Å². The average molecular weight is 343 g/mol. The predicted molar refractivity (Wildman–Crippen MR) is 87.1 cm³/mol. The van der Waals surface area contributed by atoms with Crippen LogP contribution in [-0.2, 0) is 0 Å². The Kier molecular flexibility index (Phi) is 4.66. The van der Waals surface area contributed by atoms with E-state index >= 15 is 0 Å². The highest BCUT2D eigenvalue weighted by Crippen LogP contribution is 2.33. The van der Waals surface area contributed by atoms with Crippen molar-refractivity contribution in [2.45, 2.75) is 9.99 Å². The van der Waals surface area contributed by atoms with Gasteiger partial charge in [0.25, 0.3) is 0 Å². The molecule has 0 bridgehead atoms. The van der Waals surface area contributed by atoms with Gasteiger partial charge in [0.05, 0.1) is 18.9 Å². The molecule has 0 saturated carbocycles. The number of H-pyrrole nitrogens is 1. The Morgan fingerprint density at radius 3 is 3.04 bits per heavy atom. The van der Waals surface area contributed by atoms with E-state index < -0.39 is 5.78 Å². The van der Waals surface area contributed by atoms with Crippen LogP contribution in [0.2, 0.25) is 0 Å². The summed E-state index contributed by atoms with van der Waals surface area (Å²) in [6.45, 7) is 0. The first kappa shape index (κ1) is 15.9. The molecule has 3 aromatic rings. The van der Waals surface area contributed by atoms with Crippen LogP contribution in [0.25, 0.3) is 5.76 Å². The number of ketones is 1. The van der Waals surface area contributed by atoms with E-state index in [1.54, 1.807) is 13.2 Å². The molecular weight excluding hydrogens is 330 g/mol. The molecule has 2 heterocycles. The molecule has 0 fully saturated rings. The van der Waals surface area contributed by atoms with E-state index in [1.807, 2.05) is 24.3 Å². The molecule has 0 atom stereocenters. The largest absolute Gasteiger partial charge is 0.504 e. The number of carbonyl (C=O) groups excluding carboxylic acids is 1. The first-order chi connectivity index (χ1) is 11.7. The summed E-state index contributed by atoms with van der Waals surface area (Å²) in [7, 11) is 1.59. The Labute approximate surface area is 141 Å². The number of aliphatic hydroxyl groups is 1. The number of methoxy groups -OCH3 is 1. The molecule has 0 aliphatic rings. The van der Waals surface area contributed by atoms with Gasteiger partial charge in [0.2, 0.25) is 5.82 Å². The molecule has 0 aliphatic heterocycles. The van der Waals surface area contributed by atoms with Gasteiger partial charge in [-0.1, -0.05) is 17.8 Å². The van der Waals surface area contributed by atoms with Crippen LogP contribution >= 0.6 is 11.8 Å². The zero-order chi connectivity index (χ0) is 16.9. The third kappa shape index (κ3) is 3.49. The molecule has 24 heavy (non-hydrogen) atoms. The summed E-state index contributed by atoms with van der Waals surface area (Å²) in [5.74, 6) is 0.0339. The van der Waals surface area contributed by atoms with Crippen LogP contribution in [0.5, 0.6) is 5.75 Å². The van der Waals surface area contributed by atoms with Gasteiger partial charge in [-0.05, 0) is 24.3 Å². The summed E-state index contributed by atoms with van der Waals surface area (Å²) in [5.41, 5.74) is 0.338. The topological polar surface area (TPSA) is 101 Å². The summed E-state index contributed by atoms with van der Waals surface area (Å²) >= 11 is 1.29. The van der Waals surface area contributed by atoms with Gasteiger partial charge < -0.3 is 14.3 Å². The standard InChI is InChI=1S/C16H13N3O4S/c1-22-10-3-2-4-11(7-10)24-16-12(5-6-23-16)13(20)8-14(21)15-17-9-18-19-15/h2-9,21H,1H3,(H,17,18,19). The van der Waals surface area contributed by atoms with Crippen molar-refractivity contribution in [1.29, 1.82) is 0 Å². The molecular formula is C16H13N3O4S. The maximum absolute atomic E-state index is 12.3. The number of aromatic nitrogens is 3.